The Labute approximate surface area is 81.7 Å². The molecule has 1 aromatic heterocycles. The molecule has 3 N–H and O–H groups in total. The molecule has 1 saturated carbocycles. The summed E-state index contributed by atoms with van der Waals surface area (Å²) in [5.74, 6) is 0.360. The van der Waals surface area contributed by atoms with Gasteiger partial charge in [0.05, 0.1) is 18.3 Å². The third-order valence-corrected chi connectivity index (χ3v) is 2.71. The SMILES string of the molecule is N#Cc1cnn(C2CCCC2O)c1N. The van der Waals surface area contributed by atoms with Gasteiger partial charge < -0.3 is 10.8 Å². The van der Waals surface area contributed by atoms with Crippen LogP contribution in [0.2, 0.25) is 0 Å². The fraction of sp³-hybridized carbons (Fsp3) is 0.556. The van der Waals surface area contributed by atoms with Crippen LogP contribution in [0.1, 0.15) is 30.9 Å². The minimum absolute atomic E-state index is 0.0582. The average Bonchev–Trinajstić information content (AvgIpc) is 2.72. The number of nitrogens with two attached hydrogens (primary N) is 1. The Morgan fingerprint density at radius 3 is 2.93 bits per heavy atom. The van der Waals surface area contributed by atoms with Gasteiger partial charge in [0.15, 0.2) is 0 Å². The highest BCUT2D eigenvalue weighted by Gasteiger charge is 2.29. The molecule has 5 nitrogen and oxygen atoms in total. The molecule has 0 amide bonds. The lowest BCUT2D eigenvalue weighted by Crippen LogP contribution is -2.20. The molecule has 0 aliphatic heterocycles. The molecule has 2 rings (SSSR count). The zero-order chi connectivity index (χ0) is 10.1. The number of nitrogens with zero attached hydrogens (tertiary/aromatic N) is 3. The molecule has 1 aliphatic rings. The maximum Gasteiger partial charge on any atom is 0.140 e. The fourth-order valence-corrected chi connectivity index (χ4v) is 1.93. The molecule has 0 bridgehead atoms. The van der Waals surface area contributed by atoms with Gasteiger partial charge in [0, 0.05) is 0 Å². The van der Waals surface area contributed by atoms with E-state index in [0.717, 1.165) is 19.3 Å². The molecule has 0 saturated heterocycles. The van der Waals surface area contributed by atoms with Crippen LogP contribution in [-0.4, -0.2) is 21.0 Å². The number of anilines is 1. The van der Waals surface area contributed by atoms with Gasteiger partial charge in [-0.1, -0.05) is 0 Å². The molecule has 1 heterocycles. The van der Waals surface area contributed by atoms with Gasteiger partial charge in [-0.15, -0.1) is 0 Å². The summed E-state index contributed by atoms with van der Waals surface area (Å²) in [6.45, 7) is 0. The van der Waals surface area contributed by atoms with Gasteiger partial charge in [-0.25, -0.2) is 4.68 Å². The average molecular weight is 192 g/mol. The zero-order valence-electron chi connectivity index (χ0n) is 7.72. The first kappa shape index (κ1) is 9.03. The van der Waals surface area contributed by atoms with Crippen LogP contribution in [0.4, 0.5) is 5.82 Å². The van der Waals surface area contributed by atoms with Crippen molar-refractivity contribution in [3.05, 3.63) is 11.8 Å². The van der Waals surface area contributed by atoms with E-state index in [2.05, 4.69) is 5.10 Å². The van der Waals surface area contributed by atoms with Gasteiger partial charge in [0.25, 0.3) is 0 Å². The quantitative estimate of drug-likeness (QED) is 0.675. The number of nitrogen functional groups attached to an aromatic ring is 1. The summed E-state index contributed by atoms with van der Waals surface area (Å²) in [7, 11) is 0. The third kappa shape index (κ3) is 1.24. The van der Waals surface area contributed by atoms with Crippen molar-refractivity contribution in [1.29, 1.82) is 5.26 Å². The van der Waals surface area contributed by atoms with E-state index < -0.39 is 0 Å². The summed E-state index contributed by atoms with van der Waals surface area (Å²) < 4.78 is 1.57. The number of aliphatic hydroxyl groups is 1. The normalized spacial score (nSPS) is 26.3. The molecule has 0 radical (unpaired) electrons. The van der Waals surface area contributed by atoms with Crippen molar-refractivity contribution in [2.75, 3.05) is 5.73 Å². The second-order valence-electron chi connectivity index (χ2n) is 3.57. The fourth-order valence-electron chi connectivity index (χ4n) is 1.93. The lowest BCUT2D eigenvalue weighted by atomic mass is 10.2. The highest BCUT2D eigenvalue weighted by atomic mass is 16.3. The maximum atomic E-state index is 9.65. The van der Waals surface area contributed by atoms with Gasteiger partial charge >= 0.3 is 0 Å². The van der Waals surface area contributed by atoms with Crippen molar-refractivity contribution in [2.45, 2.75) is 31.4 Å². The monoisotopic (exact) mass is 192 g/mol. The molecule has 1 aliphatic carbocycles. The molecule has 74 valence electrons. The highest BCUT2D eigenvalue weighted by Crippen LogP contribution is 2.31. The van der Waals surface area contributed by atoms with E-state index >= 15 is 0 Å². The minimum atomic E-state index is -0.385. The number of aromatic nitrogens is 2. The largest absolute Gasteiger partial charge is 0.391 e. The lowest BCUT2D eigenvalue weighted by molar-refractivity contribution is 0.131. The van der Waals surface area contributed by atoms with Crippen LogP contribution < -0.4 is 5.73 Å². The third-order valence-electron chi connectivity index (χ3n) is 2.71. The van der Waals surface area contributed by atoms with Crippen molar-refractivity contribution in [1.82, 2.24) is 9.78 Å². The molecule has 2 atom stereocenters. The smallest absolute Gasteiger partial charge is 0.140 e. The summed E-state index contributed by atoms with van der Waals surface area (Å²) in [5.41, 5.74) is 6.10. The molecule has 1 aromatic rings. The molecular formula is C9H12N4O. The van der Waals surface area contributed by atoms with Gasteiger partial charge in [0.2, 0.25) is 0 Å². The van der Waals surface area contributed by atoms with E-state index in [4.69, 9.17) is 11.0 Å². The van der Waals surface area contributed by atoms with Crippen LogP contribution in [0.15, 0.2) is 6.20 Å². The van der Waals surface area contributed by atoms with Crippen molar-refractivity contribution >= 4 is 5.82 Å². The van der Waals surface area contributed by atoms with Gasteiger partial charge in [0.1, 0.15) is 17.5 Å². The van der Waals surface area contributed by atoms with E-state index in [1.165, 1.54) is 6.20 Å². The lowest BCUT2D eigenvalue weighted by Gasteiger charge is -2.16. The Kier molecular flexibility index (Phi) is 2.14. The van der Waals surface area contributed by atoms with Crippen molar-refractivity contribution < 1.29 is 5.11 Å². The van der Waals surface area contributed by atoms with Crippen LogP contribution in [0.3, 0.4) is 0 Å². The Morgan fingerprint density at radius 1 is 1.64 bits per heavy atom. The molecule has 14 heavy (non-hydrogen) atoms. The topological polar surface area (TPSA) is 87.9 Å². The van der Waals surface area contributed by atoms with Gasteiger partial charge in [-0.2, -0.15) is 10.4 Å². The van der Waals surface area contributed by atoms with Crippen LogP contribution in [0.25, 0.3) is 0 Å². The highest BCUT2D eigenvalue weighted by molar-refractivity contribution is 5.47. The van der Waals surface area contributed by atoms with E-state index in [0.29, 0.717) is 11.4 Å². The molecular weight excluding hydrogens is 180 g/mol. The molecule has 0 spiro atoms. The Balaban J connectivity index is 2.33. The first-order valence-electron chi connectivity index (χ1n) is 4.65. The number of hydrogen-bond donors (Lipinski definition) is 2. The number of nitriles is 1. The zero-order valence-corrected chi connectivity index (χ0v) is 7.72. The molecule has 2 unspecified atom stereocenters. The molecule has 5 heteroatoms. The van der Waals surface area contributed by atoms with Gasteiger partial charge in [-0.3, -0.25) is 0 Å². The van der Waals surface area contributed by atoms with Crippen LogP contribution >= 0.6 is 0 Å². The van der Waals surface area contributed by atoms with Crippen LogP contribution in [0.5, 0.6) is 0 Å². The maximum absolute atomic E-state index is 9.65. The van der Waals surface area contributed by atoms with Crippen molar-refractivity contribution in [2.24, 2.45) is 0 Å². The number of aliphatic hydroxyl groups excluding tert-OH is 1. The first-order chi connectivity index (χ1) is 6.74. The second kappa shape index (κ2) is 3.31. The predicted molar refractivity (Wildman–Crippen MR) is 50.2 cm³/mol. The predicted octanol–water partition coefficient (Wildman–Crippen LogP) is 0.423. The second-order valence-corrected chi connectivity index (χ2v) is 3.57. The first-order valence-corrected chi connectivity index (χ1v) is 4.65. The van der Waals surface area contributed by atoms with Crippen molar-refractivity contribution in [3.63, 3.8) is 0 Å². The Bertz CT molecular complexity index is 379. The number of hydrogen-bond acceptors (Lipinski definition) is 4. The molecule has 1 fully saturated rings. The summed E-state index contributed by atoms with van der Waals surface area (Å²) in [6, 6.07) is 1.91. The van der Waals surface area contributed by atoms with E-state index in [1.54, 1.807) is 4.68 Å². The van der Waals surface area contributed by atoms with E-state index in [9.17, 15) is 5.11 Å². The molecule has 0 aromatic carbocycles. The summed E-state index contributed by atoms with van der Waals surface area (Å²) >= 11 is 0. The van der Waals surface area contributed by atoms with Gasteiger partial charge in [-0.05, 0) is 19.3 Å². The summed E-state index contributed by atoms with van der Waals surface area (Å²) in [5, 5.41) is 22.4. The minimum Gasteiger partial charge on any atom is -0.391 e. The summed E-state index contributed by atoms with van der Waals surface area (Å²) in [4.78, 5) is 0. The standard InChI is InChI=1S/C9H12N4O/c10-4-6-5-12-13(9(6)11)7-2-1-3-8(7)14/h5,7-8,14H,1-3,11H2. The van der Waals surface area contributed by atoms with E-state index in [1.807, 2.05) is 6.07 Å². The number of rotatable bonds is 1. The Morgan fingerprint density at radius 2 is 2.43 bits per heavy atom. The van der Waals surface area contributed by atoms with Crippen molar-refractivity contribution in [3.8, 4) is 6.07 Å². The van der Waals surface area contributed by atoms with Crippen LogP contribution in [-0.2, 0) is 0 Å². The van der Waals surface area contributed by atoms with E-state index in [-0.39, 0.29) is 12.1 Å². The Hall–Kier alpha value is -1.54. The summed E-state index contributed by atoms with van der Waals surface area (Å²) in [6.07, 6.45) is 3.70. The van der Waals surface area contributed by atoms with Crippen LogP contribution in [0, 0.1) is 11.3 Å².